The van der Waals surface area contributed by atoms with Crippen molar-refractivity contribution in [1.82, 2.24) is 5.32 Å². The van der Waals surface area contributed by atoms with E-state index in [0.717, 1.165) is 18.2 Å². The molecule has 1 aromatic heterocycles. The predicted octanol–water partition coefficient (Wildman–Crippen LogP) is 4.42. The van der Waals surface area contributed by atoms with E-state index in [4.69, 9.17) is 9.15 Å². The van der Waals surface area contributed by atoms with Crippen LogP contribution in [0.25, 0.3) is 11.0 Å². The predicted molar refractivity (Wildman–Crippen MR) is 108 cm³/mol. The smallest absolute Gasteiger partial charge is 0.375 e. The Balaban J connectivity index is 1.54. The second kappa shape index (κ2) is 8.74. The number of fused-ring (bicyclic) bond motifs is 1. The van der Waals surface area contributed by atoms with Crippen LogP contribution in [-0.2, 0) is 16.0 Å². The third kappa shape index (κ3) is 4.60. The van der Waals surface area contributed by atoms with Gasteiger partial charge in [0.25, 0.3) is 5.91 Å². The number of carbonyl (C=O) groups excluding carboxylic acids is 2. The van der Waals surface area contributed by atoms with Gasteiger partial charge in [0.2, 0.25) is 5.76 Å². The Labute approximate surface area is 164 Å². The first-order valence-corrected chi connectivity index (χ1v) is 9.49. The molecule has 0 aliphatic carbocycles. The summed E-state index contributed by atoms with van der Waals surface area (Å²) in [5, 5.41) is 3.76. The van der Waals surface area contributed by atoms with E-state index in [1.807, 2.05) is 43.3 Å². The SMILES string of the molecule is Cc1c(C(=O)O[C@@H](C)C(=O)N[C@@H](C)CCc2ccccc2)oc2ccccc12. The summed E-state index contributed by atoms with van der Waals surface area (Å²) in [5.74, 6) is -0.811. The van der Waals surface area contributed by atoms with Gasteiger partial charge in [-0.3, -0.25) is 4.79 Å². The standard InChI is InChI=1S/C23H25NO4/c1-15(13-14-18-9-5-4-6-10-18)24-22(25)17(3)27-23(26)21-16(2)19-11-7-8-12-20(19)28-21/h4-12,15,17H,13-14H2,1-3H3,(H,24,25)/t15-,17-/m0/s1. The fourth-order valence-electron chi connectivity index (χ4n) is 3.10. The number of nitrogens with one attached hydrogen (secondary N) is 1. The van der Waals surface area contributed by atoms with Crippen LogP contribution in [0.15, 0.2) is 59.0 Å². The van der Waals surface area contributed by atoms with E-state index >= 15 is 0 Å². The van der Waals surface area contributed by atoms with Crippen LogP contribution < -0.4 is 5.32 Å². The van der Waals surface area contributed by atoms with Crippen LogP contribution in [-0.4, -0.2) is 24.0 Å². The summed E-state index contributed by atoms with van der Waals surface area (Å²) in [5.41, 5.74) is 2.56. The number of hydrogen-bond acceptors (Lipinski definition) is 4. The van der Waals surface area contributed by atoms with E-state index in [1.165, 1.54) is 5.56 Å². The lowest BCUT2D eigenvalue weighted by atomic mass is 10.1. The molecular weight excluding hydrogens is 354 g/mol. The van der Waals surface area contributed by atoms with Crippen molar-refractivity contribution in [3.63, 3.8) is 0 Å². The molecule has 0 saturated carbocycles. The molecule has 0 radical (unpaired) electrons. The van der Waals surface area contributed by atoms with Crippen LogP contribution in [0, 0.1) is 6.92 Å². The Bertz CT molecular complexity index is 961. The number of rotatable bonds is 7. The van der Waals surface area contributed by atoms with Gasteiger partial charge < -0.3 is 14.5 Å². The van der Waals surface area contributed by atoms with Gasteiger partial charge in [-0.05, 0) is 45.2 Å². The van der Waals surface area contributed by atoms with Crippen LogP contribution >= 0.6 is 0 Å². The van der Waals surface area contributed by atoms with Gasteiger partial charge in [-0.1, -0.05) is 48.5 Å². The highest BCUT2D eigenvalue weighted by Gasteiger charge is 2.24. The topological polar surface area (TPSA) is 68.5 Å². The van der Waals surface area contributed by atoms with E-state index in [-0.39, 0.29) is 17.7 Å². The summed E-state index contributed by atoms with van der Waals surface area (Å²) in [6.45, 7) is 5.31. The molecule has 1 amide bonds. The van der Waals surface area contributed by atoms with Crippen LogP contribution in [0.4, 0.5) is 0 Å². The quantitative estimate of drug-likeness (QED) is 0.617. The second-order valence-electron chi connectivity index (χ2n) is 7.03. The Morgan fingerprint density at radius 3 is 2.43 bits per heavy atom. The number of esters is 1. The number of ether oxygens (including phenoxy) is 1. The summed E-state index contributed by atoms with van der Waals surface area (Å²) in [4.78, 5) is 24.8. The summed E-state index contributed by atoms with van der Waals surface area (Å²) < 4.78 is 10.9. The van der Waals surface area contributed by atoms with Crippen LogP contribution in [0.2, 0.25) is 0 Å². The zero-order valence-corrected chi connectivity index (χ0v) is 16.4. The minimum Gasteiger partial charge on any atom is -0.449 e. The van der Waals surface area contributed by atoms with Crippen molar-refractivity contribution in [3.05, 3.63) is 71.5 Å². The summed E-state index contributed by atoms with van der Waals surface area (Å²) in [6, 6.07) is 17.5. The molecule has 5 nitrogen and oxygen atoms in total. The molecule has 5 heteroatoms. The maximum Gasteiger partial charge on any atom is 0.375 e. The third-order valence-corrected chi connectivity index (χ3v) is 4.78. The number of aryl methyl sites for hydroxylation is 2. The molecule has 0 aliphatic rings. The van der Waals surface area contributed by atoms with Crippen LogP contribution in [0.1, 0.15) is 41.9 Å². The molecule has 0 fully saturated rings. The molecule has 1 N–H and O–H groups in total. The van der Waals surface area contributed by atoms with Gasteiger partial charge in [0.1, 0.15) is 5.58 Å². The molecule has 0 saturated heterocycles. The molecule has 28 heavy (non-hydrogen) atoms. The second-order valence-corrected chi connectivity index (χ2v) is 7.03. The van der Waals surface area contributed by atoms with E-state index in [0.29, 0.717) is 11.1 Å². The minimum absolute atomic E-state index is 0.0261. The maximum atomic E-state index is 12.5. The van der Waals surface area contributed by atoms with Crippen molar-refractivity contribution >= 4 is 22.8 Å². The number of carbonyl (C=O) groups is 2. The minimum atomic E-state index is -0.903. The van der Waals surface area contributed by atoms with E-state index in [1.54, 1.807) is 19.9 Å². The third-order valence-electron chi connectivity index (χ3n) is 4.78. The molecule has 2 aromatic carbocycles. The Morgan fingerprint density at radius 1 is 1.04 bits per heavy atom. The average molecular weight is 379 g/mol. The summed E-state index contributed by atoms with van der Waals surface area (Å²) in [7, 11) is 0. The summed E-state index contributed by atoms with van der Waals surface area (Å²) >= 11 is 0. The number of hydrogen-bond donors (Lipinski definition) is 1. The Morgan fingerprint density at radius 2 is 1.71 bits per heavy atom. The Hall–Kier alpha value is -3.08. The fraction of sp³-hybridized carbons (Fsp3) is 0.304. The maximum absolute atomic E-state index is 12.5. The molecule has 0 spiro atoms. The largest absolute Gasteiger partial charge is 0.449 e. The monoisotopic (exact) mass is 379 g/mol. The zero-order chi connectivity index (χ0) is 20.1. The molecule has 0 bridgehead atoms. The van der Waals surface area contributed by atoms with Crippen molar-refractivity contribution in [2.75, 3.05) is 0 Å². The summed E-state index contributed by atoms with van der Waals surface area (Å²) in [6.07, 6.45) is 0.771. The lowest BCUT2D eigenvalue weighted by molar-refractivity contribution is -0.129. The molecule has 146 valence electrons. The highest BCUT2D eigenvalue weighted by molar-refractivity contribution is 5.97. The molecule has 0 aliphatic heterocycles. The lowest BCUT2D eigenvalue weighted by Gasteiger charge is -2.17. The Kier molecular flexibility index (Phi) is 6.14. The number of para-hydroxylation sites is 1. The van der Waals surface area contributed by atoms with Crippen molar-refractivity contribution < 1.29 is 18.7 Å². The molecule has 2 atom stereocenters. The van der Waals surface area contributed by atoms with Gasteiger partial charge >= 0.3 is 5.97 Å². The van der Waals surface area contributed by atoms with Crippen molar-refractivity contribution in [2.24, 2.45) is 0 Å². The average Bonchev–Trinajstić information content (AvgIpc) is 3.04. The fourth-order valence-corrected chi connectivity index (χ4v) is 3.10. The first-order chi connectivity index (χ1) is 13.5. The van der Waals surface area contributed by atoms with Crippen molar-refractivity contribution in [1.29, 1.82) is 0 Å². The highest BCUT2D eigenvalue weighted by Crippen LogP contribution is 2.25. The molecule has 3 aromatic rings. The van der Waals surface area contributed by atoms with E-state index in [2.05, 4.69) is 17.4 Å². The highest BCUT2D eigenvalue weighted by atomic mass is 16.6. The van der Waals surface area contributed by atoms with E-state index < -0.39 is 12.1 Å². The lowest BCUT2D eigenvalue weighted by Crippen LogP contribution is -2.41. The zero-order valence-electron chi connectivity index (χ0n) is 16.4. The van der Waals surface area contributed by atoms with Gasteiger partial charge in [-0.15, -0.1) is 0 Å². The molecule has 3 rings (SSSR count). The van der Waals surface area contributed by atoms with Crippen LogP contribution in [0.5, 0.6) is 0 Å². The van der Waals surface area contributed by atoms with Crippen LogP contribution in [0.3, 0.4) is 0 Å². The molecular formula is C23H25NO4. The van der Waals surface area contributed by atoms with Gasteiger partial charge in [0, 0.05) is 17.0 Å². The van der Waals surface area contributed by atoms with Gasteiger partial charge in [0.05, 0.1) is 0 Å². The van der Waals surface area contributed by atoms with Crippen molar-refractivity contribution in [3.8, 4) is 0 Å². The number of furan rings is 1. The van der Waals surface area contributed by atoms with Gasteiger partial charge in [0.15, 0.2) is 6.10 Å². The normalized spacial score (nSPS) is 13.1. The van der Waals surface area contributed by atoms with Crippen molar-refractivity contribution in [2.45, 2.75) is 45.8 Å². The van der Waals surface area contributed by atoms with E-state index in [9.17, 15) is 9.59 Å². The molecule has 1 heterocycles. The molecule has 0 unspecified atom stereocenters. The number of amides is 1. The van der Waals surface area contributed by atoms with Gasteiger partial charge in [-0.25, -0.2) is 4.79 Å². The number of benzene rings is 2. The first kappa shape index (κ1) is 19.7. The first-order valence-electron chi connectivity index (χ1n) is 9.49. The van der Waals surface area contributed by atoms with Gasteiger partial charge in [-0.2, -0.15) is 0 Å².